The molecule has 7 nitrogen and oxygen atoms in total. The number of nitrogens with zero attached hydrogens (tertiary/aromatic N) is 4. The summed E-state index contributed by atoms with van der Waals surface area (Å²) in [4.78, 5) is 23.0. The van der Waals surface area contributed by atoms with E-state index in [1.54, 1.807) is 4.90 Å². The molecule has 0 spiro atoms. The third kappa shape index (κ3) is 5.96. The number of morpholine rings is 1. The Kier molecular flexibility index (Phi) is 6.44. The number of hydrogen-bond donors (Lipinski definition) is 0. The molecule has 0 aliphatic carbocycles. The molecule has 0 unspecified atom stereocenters. The van der Waals surface area contributed by atoms with Gasteiger partial charge in [-0.2, -0.15) is 0 Å². The van der Waals surface area contributed by atoms with E-state index in [0.29, 0.717) is 18.2 Å². The van der Waals surface area contributed by atoms with Crippen LogP contribution in [0, 0.1) is 0 Å². The maximum absolute atomic E-state index is 12.2. The lowest BCUT2D eigenvalue weighted by molar-refractivity contribution is 0.0139. The van der Waals surface area contributed by atoms with Crippen molar-refractivity contribution in [1.29, 1.82) is 0 Å². The molecule has 150 valence electrons. The van der Waals surface area contributed by atoms with E-state index < -0.39 is 5.60 Å². The first-order valence-corrected chi connectivity index (χ1v) is 9.87. The topological polar surface area (TPSA) is 58.1 Å². The molecule has 8 heteroatoms. The van der Waals surface area contributed by atoms with Gasteiger partial charge in [0.15, 0.2) is 0 Å². The van der Waals surface area contributed by atoms with Crippen molar-refractivity contribution in [3.63, 3.8) is 0 Å². The first kappa shape index (κ1) is 20.2. The number of pyridine rings is 1. The smallest absolute Gasteiger partial charge is 0.410 e. The lowest BCUT2D eigenvalue weighted by atomic mass is 10.2. The summed E-state index contributed by atoms with van der Waals surface area (Å²) in [6.07, 6.45) is -0.233. The van der Waals surface area contributed by atoms with Crippen LogP contribution in [0.15, 0.2) is 12.1 Å². The van der Waals surface area contributed by atoms with Crippen LogP contribution in [0.3, 0.4) is 0 Å². The zero-order chi connectivity index (χ0) is 19.4. The monoisotopic (exact) mass is 396 g/mol. The molecule has 2 aliphatic rings. The van der Waals surface area contributed by atoms with E-state index in [0.717, 1.165) is 57.3 Å². The Morgan fingerprint density at radius 1 is 1.15 bits per heavy atom. The third-order valence-electron chi connectivity index (χ3n) is 4.61. The number of carbonyl (C=O) groups excluding carboxylic acids is 1. The van der Waals surface area contributed by atoms with Crippen molar-refractivity contribution >= 4 is 23.5 Å². The van der Waals surface area contributed by atoms with Crippen LogP contribution in [0.1, 0.15) is 26.3 Å². The van der Waals surface area contributed by atoms with Crippen LogP contribution in [0.4, 0.5) is 10.6 Å². The van der Waals surface area contributed by atoms with Gasteiger partial charge >= 0.3 is 6.09 Å². The fourth-order valence-electron chi connectivity index (χ4n) is 3.25. The summed E-state index contributed by atoms with van der Waals surface area (Å²) in [6, 6.07) is 4.03. The predicted molar refractivity (Wildman–Crippen MR) is 105 cm³/mol. The van der Waals surface area contributed by atoms with Crippen molar-refractivity contribution in [2.24, 2.45) is 0 Å². The Morgan fingerprint density at radius 2 is 1.81 bits per heavy atom. The summed E-state index contributed by atoms with van der Waals surface area (Å²) in [6.45, 7) is 12.5. The lowest BCUT2D eigenvalue weighted by Crippen LogP contribution is -2.49. The summed E-state index contributed by atoms with van der Waals surface area (Å²) in [5, 5.41) is 0.515. The Bertz CT molecular complexity index is 651. The second-order valence-corrected chi connectivity index (χ2v) is 8.39. The molecular weight excluding hydrogens is 368 g/mol. The van der Waals surface area contributed by atoms with Gasteiger partial charge in [-0.1, -0.05) is 11.6 Å². The SMILES string of the molecule is CC(C)(C)OC(=O)N1CCN(Cc2cc(Cl)nc(N3CCOCC3)c2)CC1. The van der Waals surface area contributed by atoms with Gasteiger partial charge in [0.05, 0.1) is 13.2 Å². The molecule has 2 aliphatic heterocycles. The Balaban J connectivity index is 1.56. The number of anilines is 1. The standard InChI is InChI=1S/C19H29ClN4O3/c1-19(2,3)27-18(25)24-6-4-22(5-7-24)14-15-12-16(20)21-17(13-15)23-8-10-26-11-9-23/h12-13H,4-11,14H2,1-3H3. The lowest BCUT2D eigenvalue weighted by Gasteiger charge is -2.35. The molecule has 3 rings (SSSR count). The van der Waals surface area contributed by atoms with Gasteiger partial charge in [-0.05, 0) is 38.5 Å². The van der Waals surface area contributed by atoms with Crippen molar-refractivity contribution in [2.75, 3.05) is 57.4 Å². The normalized spacial score (nSPS) is 19.3. The summed E-state index contributed by atoms with van der Waals surface area (Å²) in [5.74, 6) is 0.910. The molecule has 3 heterocycles. The molecule has 0 bridgehead atoms. The molecule has 1 aromatic rings. The van der Waals surface area contributed by atoms with Crippen LogP contribution in [-0.2, 0) is 16.0 Å². The minimum absolute atomic E-state index is 0.233. The third-order valence-corrected chi connectivity index (χ3v) is 4.80. The van der Waals surface area contributed by atoms with E-state index in [2.05, 4.69) is 20.9 Å². The maximum Gasteiger partial charge on any atom is 0.410 e. The van der Waals surface area contributed by atoms with Crippen LogP contribution < -0.4 is 4.90 Å². The van der Waals surface area contributed by atoms with Crippen LogP contribution in [-0.4, -0.2) is 79.0 Å². The quantitative estimate of drug-likeness (QED) is 0.732. The van der Waals surface area contributed by atoms with Gasteiger partial charge in [-0.3, -0.25) is 4.90 Å². The van der Waals surface area contributed by atoms with Gasteiger partial charge in [0.1, 0.15) is 16.6 Å². The van der Waals surface area contributed by atoms with Crippen molar-refractivity contribution in [2.45, 2.75) is 32.9 Å². The number of amides is 1. The molecule has 2 fully saturated rings. The minimum Gasteiger partial charge on any atom is -0.444 e. The number of aromatic nitrogens is 1. The molecular formula is C19H29ClN4O3. The second-order valence-electron chi connectivity index (χ2n) is 8.00. The van der Waals surface area contributed by atoms with Gasteiger partial charge in [0, 0.05) is 45.8 Å². The molecule has 27 heavy (non-hydrogen) atoms. The Hall–Kier alpha value is -1.57. The maximum atomic E-state index is 12.2. The van der Waals surface area contributed by atoms with Gasteiger partial charge in [0.25, 0.3) is 0 Å². The predicted octanol–water partition coefficient (Wildman–Crippen LogP) is 2.62. The minimum atomic E-state index is -0.460. The van der Waals surface area contributed by atoms with Gasteiger partial charge < -0.3 is 19.3 Å². The first-order valence-electron chi connectivity index (χ1n) is 9.49. The van der Waals surface area contributed by atoms with E-state index in [1.165, 1.54) is 0 Å². The molecule has 0 aromatic carbocycles. The van der Waals surface area contributed by atoms with E-state index in [-0.39, 0.29) is 6.09 Å². The summed E-state index contributed by atoms with van der Waals surface area (Å²) in [5.41, 5.74) is 0.681. The largest absolute Gasteiger partial charge is 0.444 e. The molecule has 0 radical (unpaired) electrons. The van der Waals surface area contributed by atoms with Crippen LogP contribution in [0.2, 0.25) is 5.15 Å². The van der Waals surface area contributed by atoms with E-state index in [4.69, 9.17) is 21.1 Å². The zero-order valence-corrected chi connectivity index (χ0v) is 17.2. The number of carbonyl (C=O) groups is 1. The number of hydrogen-bond acceptors (Lipinski definition) is 6. The van der Waals surface area contributed by atoms with Crippen LogP contribution >= 0.6 is 11.6 Å². The molecule has 1 aromatic heterocycles. The highest BCUT2D eigenvalue weighted by Gasteiger charge is 2.26. The van der Waals surface area contributed by atoms with Gasteiger partial charge in [-0.15, -0.1) is 0 Å². The zero-order valence-electron chi connectivity index (χ0n) is 16.4. The van der Waals surface area contributed by atoms with Gasteiger partial charge in [-0.25, -0.2) is 9.78 Å². The van der Waals surface area contributed by atoms with Gasteiger partial charge in [0.2, 0.25) is 0 Å². The molecule has 1 amide bonds. The molecule has 0 saturated carbocycles. The number of piperazine rings is 1. The highest BCUT2D eigenvalue weighted by molar-refractivity contribution is 6.29. The van der Waals surface area contributed by atoms with Crippen molar-refractivity contribution in [3.8, 4) is 0 Å². The average molecular weight is 397 g/mol. The van der Waals surface area contributed by atoms with Crippen molar-refractivity contribution in [1.82, 2.24) is 14.8 Å². The fraction of sp³-hybridized carbons (Fsp3) is 0.684. The molecule has 0 atom stereocenters. The van der Waals surface area contributed by atoms with E-state index >= 15 is 0 Å². The van der Waals surface area contributed by atoms with Crippen LogP contribution in [0.25, 0.3) is 0 Å². The summed E-state index contributed by atoms with van der Waals surface area (Å²) >= 11 is 6.26. The summed E-state index contributed by atoms with van der Waals surface area (Å²) < 4.78 is 10.9. The van der Waals surface area contributed by atoms with Crippen LogP contribution in [0.5, 0.6) is 0 Å². The highest BCUT2D eigenvalue weighted by atomic mass is 35.5. The highest BCUT2D eigenvalue weighted by Crippen LogP contribution is 2.21. The number of rotatable bonds is 3. The van der Waals surface area contributed by atoms with E-state index in [9.17, 15) is 4.79 Å². The Morgan fingerprint density at radius 3 is 2.44 bits per heavy atom. The fourth-order valence-corrected chi connectivity index (χ4v) is 3.48. The Labute approximate surface area is 166 Å². The van der Waals surface area contributed by atoms with Crippen molar-refractivity contribution < 1.29 is 14.3 Å². The van der Waals surface area contributed by atoms with Crippen molar-refractivity contribution in [3.05, 3.63) is 22.8 Å². The number of ether oxygens (including phenoxy) is 2. The number of halogens is 1. The second kappa shape index (κ2) is 8.63. The summed E-state index contributed by atoms with van der Waals surface area (Å²) in [7, 11) is 0. The molecule has 2 saturated heterocycles. The molecule has 0 N–H and O–H groups in total. The first-order chi connectivity index (χ1) is 12.8. The average Bonchev–Trinajstić information content (AvgIpc) is 2.61. The van der Waals surface area contributed by atoms with E-state index in [1.807, 2.05) is 26.8 Å².